The summed E-state index contributed by atoms with van der Waals surface area (Å²) in [5.41, 5.74) is 0.704. The molecule has 0 saturated carbocycles. The fraction of sp³-hybridized carbons (Fsp3) is 0.586. The molecule has 0 atom stereocenters. The fourth-order valence-corrected chi connectivity index (χ4v) is 4.18. The van der Waals surface area contributed by atoms with Crippen molar-refractivity contribution in [3.63, 3.8) is 0 Å². The lowest BCUT2D eigenvalue weighted by molar-refractivity contribution is 0.0937. The molecule has 7 nitrogen and oxygen atoms in total. The maximum absolute atomic E-state index is 12.6. The van der Waals surface area contributed by atoms with Gasteiger partial charge in [-0.15, -0.1) is 0 Å². The molecule has 0 aliphatic heterocycles. The number of carbonyl (C=O) groups is 2. The zero-order chi connectivity index (χ0) is 26.0. The van der Waals surface area contributed by atoms with E-state index in [1.54, 1.807) is 37.3 Å². The second-order valence-corrected chi connectivity index (χ2v) is 9.11. The number of hydrogen-bond acceptors (Lipinski definition) is 5. The Morgan fingerprint density at radius 1 is 0.806 bits per heavy atom. The van der Waals surface area contributed by atoms with Gasteiger partial charge in [-0.05, 0) is 31.9 Å². The van der Waals surface area contributed by atoms with Crippen molar-refractivity contribution in [3.8, 4) is 5.75 Å². The highest BCUT2D eigenvalue weighted by Gasteiger charge is 2.15. The van der Waals surface area contributed by atoms with E-state index in [1.807, 2.05) is 0 Å². The van der Waals surface area contributed by atoms with Gasteiger partial charge in [-0.25, -0.2) is 4.79 Å². The topological polar surface area (TPSA) is 96.9 Å². The van der Waals surface area contributed by atoms with Gasteiger partial charge in [0.25, 0.3) is 5.91 Å². The van der Waals surface area contributed by atoms with Gasteiger partial charge in [-0.3, -0.25) is 10.1 Å². The van der Waals surface area contributed by atoms with Crippen molar-refractivity contribution in [3.05, 3.63) is 35.9 Å². The molecule has 0 aliphatic rings. The molecule has 2 aromatic rings. The minimum atomic E-state index is -0.568. The average Bonchev–Trinajstić information content (AvgIpc) is 2.87. The van der Waals surface area contributed by atoms with Gasteiger partial charge in [0.1, 0.15) is 5.75 Å². The fourth-order valence-electron chi connectivity index (χ4n) is 4.18. The van der Waals surface area contributed by atoms with Crippen molar-refractivity contribution in [1.82, 2.24) is 5.32 Å². The molecule has 2 amide bonds. The van der Waals surface area contributed by atoms with Gasteiger partial charge in [0.2, 0.25) is 0 Å². The number of unbranched alkanes of at least 4 members (excludes halogenated alkanes) is 9. The maximum Gasteiger partial charge on any atom is 0.411 e. The Morgan fingerprint density at radius 2 is 1.47 bits per heavy atom. The summed E-state index contributed by atoms with van der Waals surface area (Å²) in [7, 11) is 0. The number of rotatable bonds is 18. The number of benzene rings is 2. The summed E-state index contributed by atoms with van der Waals surface area (Å²) in [6.07, 6.45) is 13.2. The van der Waals surface area contributed by atoms with E-state index in [1.165, 1.54) is 57.8 Å². The lowest BCUT2D eigenvalue weighted by Crippen LogP contribution is -2.25. The predicted octanol–water partition coefficient (Wildman–Crippen LogP) is 7.17. The lowest BCUT2D eigenvalue weighted by Gasteiger charge is -2.12. The number of nitrogens with one attached hydrogen (secondary N) is 2. The minimum absolute atomic E-state index is 0.116. The van der Waals surface area contributed by atoms with Crippen molar-refractivity contribution >= 4 is 28.5 Å². The van der Waals surface area contributed by atoms with Gasteiger partial charge in [0.05, 0.1) is 17.9 Å². The van der Waals surface area contributed by atoms with Crippen molar-refractivity contribution < 1.29 is 24.2 Å². The van der Waals surface area contributed by atoms with Crippen LogP contribution < -0.4 is 10.6 Å². The van der Waals surface area contributed by atoms with Crippen LogP contribution in [0.15, 0.2) is 30.3 Å². The van der Waals surface area contributed by atoms with Crippen LogP contribution in [0, 0.1) is 0 Å². The molecule has 0 saturated heterocycles. The second-order valence-electron chi connectivity index (χ2n) is 9.11. The number of phenolic OH excluding ortho intramolecular Hbond substituents is 1. The van der Waals surface area contributed by atoms with E-state index >= 15 is 0 Å². The van der Waals surface area contributed by atoms with Crippen molar-refractivity contribution in [2.45, 2.75) is 84.5 Å². The van der Waals surface area contributed by atoms with E-state index in [2.05, 4.69) is 17.6 Å². The van der Waals surface area contributed by atoms with Gasteiger partial charge in [0, 0.05) is 30.5 Å². The molecule has 0 aromatic heterocycles. The largest absolute Gasteiger partial charge is 0.506 e. The van der Waals surface area contributed by atoms with Crippen LogP contribution in [0.2, 0.25) is 0 Å². The van der Waals surface area contributed by atoms with Gasteiger partial charge in [-0.2, -0.15) is 0 Å². The first-order valence-electron chi connectivity index (χ1n) is 13.6. The van der Waals surface area contributed by atoms with E-state index in [-0.39, 0.29) is 23.8 Å². The SMILES string of the molecule is CCCCCCCCCCCCOCCCNC(=O)c1ccc2c(NC(=O)OCC)cccc2c1O. The van der Waals surface area contributed by atoms with Gasteiger partial charge in [0.15, 0.2) is 0 Å². The van der Waals surface area contributed by atoms with Crippen molar-refractivity contribution in [2.75, 3.05) is 31.7 Å². The average molecular weight is 501 g/mol. The first kappa shape index (κ1) is 29.4. The highest BCUT2D eigenvalue weighted by molar-refractivity contribution is 6.08. The molecule has 2 aromatic carbocycles. The summed E-state index contributed by atoms with van der Waals surface area (Å²) in [5.74, 6) is -0.456. The molecule has 36 heavy (non-hydrogen) atoms. The normalized spacial score (nSPS) is 10.9. The summed E-state index contributed by atoms with van der Waals surface area (Å²) < 4.78 is 10.6. The van der Waals surface area contributed by atoms with Crippen LogP contribution in [0.25, 0.3) is 10.8 Å². The van der Waals surface area contributed by atoms with Crippen molar-refractivity contribution in [2.24, 2.45) is 0 Å². The minimum Gasteiger partial charge on any atom is -0.506 e. The Hall–Kier alpha value is -2.80. The monoisotopic (exact) mass is 500 g/mol. The number of phenols is 1. The van der Waals surface area contributed by atoms with Gasteiger partial charge in [-0.1, -0.05) is 82.9 Å². The van der Waals surface area contributed by atoms with Crippen LogP contribution in [0.1, 0.15) is 94.8 Å². The maximum atomic E-state index is 12.6. The Kier molecular flexibility index (Phi) is 14.4. The molecule has 0 spiro atoms. The summed E-state index contributed by atoms with van der Waals surface area (Å²) in [6.45, 7) is 6.07. The number of amides is 2. The van der Waals surface area contributed by atoms with Gasteiger partial charge < -0.3 is 19.9 Å². The summed E-state index contributed by atoms with van der Waals surface area (Å²) >= 11 is 0. The van der Waals surface area contributed by atoms with E-state index < -0.39 is 6.09 Å². The third-order valence-corrected chi connectivity index (χ3v) is 6.18. The zero-order valence-electron chi connectivity index (χ0n) is 22.1. The molecule has 2 rings (SSSR count). The Labute approximate surface area is 215 Å². The molecule has 0 fully saturated rings. The molecule has 0 aliphatic carbocycles. The predicted molar refractivity (Wildman–Crippen MR) is 146 cm³/mol. The number of aromatic hydroxyl groups is 1. The van der Waals surface area contributed by atoms with Crippen LogP contribution in [-0.4, -0.2) is 43.5 Å². The third kappa shape index (κ3) is 10.4. The van der Waals surface area contributed by atoms with E-state index in [9.17, 15) is 14.7 Å². The Bertz CT molecular complexity index is 931. The van der Waals surface area contributed by atoms with Crippen LogP contribution in [0.3, 0.4) is 0 Å². The highest BCUT2D eigenvalue weighted by Crippen LogP contribution is 2.33. The zero-order valence-corrected chi connectivity index (χ0v) is 22.1. The molecular weight excluding hydrogens is 456 g/mol. The molecular formula is C29H44N2O5. The quantitative estimate of drug-likeness (QED) is 0.189. The first-order chi connectivity index (χ1) is 17.6. The highest BCUT2D eigenvalue weighted by atomic mass is 16.5. The number of anilines is 1. The van der Waals surface area contributed by atoms with Crippen LogP contribution in [-0.2, 0) is 9.47 Å². The Morgan fingerprint density at radius 3 is 2.17 bits per heavy atom. The number of hydrogen-bond donors (Lipinski definition) is 3. The van der Waals surface area contributed by atoms with Crippen LogP contribution >= 0.6 is 0 Å². The lowest BCUT2D eigenvalue weighted by atomic mass is 10.0. The molecule has 0 bridgehead atoms. The Balaban J connectivity index is 1.63. The molecule has 200 valence electrons. The van der Waals surface area contributed by atoms with Crippen LogP contribution in [0.5, 0.6) is 5.75 Å². The van der Waals surface area contributed by atoms with Crippen molar-refractivity contribution in [1.29, 1.82) is 0 Å². The number of ether oxygens (including phenoxy) is 2. The second kappa shape index (κ2) is 17.6. The van der Waals surface area contributed by atoms with E-state index in [4.69, 9.17) is 9.47 Å². The standard InChI is InChI=1S/C29H44N2O5/c1-3-5-6-7-8-9-10-11-12-13-21-35-22-15-20-30-28(33)25-19-18-23-24(27(25)32)16-14-17-26(23)31-29(34)36-4-2/h14,16-19,32H,3-13,15,20-22H2,1-2H3,(H,30,33)(H,31,34). The molecule has 0 radical (unpaired) electrons. The number of carbonyl (C=O) groups excluding carboxylic acids is 2. The molecule has 0 unspecified atom stereocenters. The first-order valence-corrected chi connectivity index (χ1v) is 13.6. The number of fused-ring (bicyclic) bond motifs is 1. The van der Waals surface area contributed by atoms with E-state index in [0.29, 0.717) is 36.0 Å². The molecule has 7 heteroatoms. The summed E-state index contributed by atoms with van der Waals surface area (Å²) in [4.78, 5) is 24.4. The van der Waals surface area contributed by atoms with Gasteiger partial charge >= 0.3 is 6.09 Å². The summed E-state index contributed by atoms with van der Waals surface area (Å²) in [6, 6.07) is 8.40. The smallest absolute Gasteiger partial charge is 0.411 e. The molecule has 0 heterocycles. The third-order valence-electron chi connectivity index (χ3n) is 6.18. The van der Waals surface area contributed by atoms with Crippen LogP contribution in [0.4, 0.5) is 10.5 Å². The van der Waals surface area contributed by atoms with E-state index in [0.717, 1.165) is 13.0 Å². The summed E-state index contributed by atoms with van der Waals surface area (Å²) in [5, 5.41) is 17.3. The molecule has 3 N–H and O–H groups in total.